The molecule has 0 saturated heterocycles. The summed E-state index contributed by atoms with van der Waals surface area (Å²) in [4.78, 5) is 5.02. The van der Waals surface area contributed by atoms with Gasteiger partial charge in [0.2, 0.25) is 0 Å². The lowest BCUT2D eigenvalue weighted by Crippen LogP contribution is -2.48. The lowest BCUT2D eigenvalue weighted by Gasteiger charge is -2.53. The minimum Gasteiger partial charge on any atom is -0.316 e. The average Bonchev–Trinajstić information content (AvgIpc) is 2.81. The van der Waals surface area contributed by atoms with Crippen LogP contribution < -0.4 is 5.32 Å². The van der Waals surface area contributed by atoms with Crippen LogP contribution in [0.1, 0.15) is 93.4 Å². The van der Waals surface area contributed by atoms with E-state index < -0.39 is 0 Å². The highest BCUT2D eigenvalue weighted by Crippen LogP contribution is 2.68. The van der Waals surface area contributed by atoms with Gasteiger partial charge >= 0.3 is 0 Å². The molecule has 0 aromatic heterocycles. The quantitative estimate of drug-likeness (QED) is 0.499. The van der Waals surface area contributed by atoms with E-state index in [4.69, 9.17) is 4.99 Å². The second-order valence-corrected chi connectivity index (χ2v) is 12.3. The summed E-state index contributed by atoms with van der Waals surface area (Å²) in [6.07, 6.45) is 14.6. The van der Waals surface area contributed by atoms with Crippen LogP contribution in [0.4, 0.5) is 0 Å². The first-order valence-electron chi connectivity index (χ1n) is 12.6. The van der Waals surface area contributed by atoms with Gasteiger partial charge in [-0.15, -0.1) is 0 Å². The molecule has 2 heteroatoms. The summed E-state index contributed by atoms with van der Waals surface area (Å²) in [5.41, 5.74) is 5.80. The summed E-state index contributed by atoms with van der Waals surface area (Å²) in [6, 6.07) is 1.08. The summed E-state index contributed by atoms with van der Waals surface area (Å²) >= 11 is 0. The van der Waals surface area contributed by atoms with Crippen molar-refractivity contribution in [1.29, 1.82) is 0 Å². The van der Waals surface area contributed by atoms with Gasteiger partial charge in [-0.25, -0.2) is 0 Å². The van der Waals surface area contributed by atoms with E-state index in [9.17, 15) is 0 Å². The van der Waals surface area contributed by atoms with Crippen LogP contribution in [-0.4, -0.2) is 24.8 Å². The number of nitrogens with zero attached hydrogens (tertiary/aromatic N) is 1. The van der Waals surface area contributed by atoms with Gasteiger partial charge < -0.3 is 5.32 Å². The molecule has 1 N–H and O–H groups in total. The van der Waals surface area contributed by atoms with Crippen LogP contribution in [-0.2, 0) is 0 Å². The molecule has 2 saturated carbocycles. The van der Waals surface area contributed by atoms with Gasteiger partial charge in [0, 0.05) is 11.8 Å². The molecule has 168 valence electrons. The van der Waals surface area contributed by atoms with Gasteiger partial charge in [-0.1, -0.05) is 45.4 Å². The molecule has 4 rings (SSSR count). The van der Waals surface area contributed by atoms with Crippen molar-refractivity contribution in [1.82, 2.24) is 5.32 Å². The van der Waals surface area contributed by atoms with Crippen molar-refractivity contribution in [3.05, 3.63) is 23.3 Å². The fourth-order valence-electron chi connectivity index (χ4n) is 8.57. The molecule has 0 aromatic rings. The second-order valence-electron chi connectivity index (χ2n) is 12.3. The van der Waals surface area contributed by atoms with Crippen molar-refractivity contribution < 1.29 is 0 Å². The first-order valence-corrected chi connectivity index (χ1v) is 12.6. The van der Waals surface area contributed by atoms with Crippen LogP contribution in [0, 0.1) is 34.0 Å². The summed E-state index contributed by atoms with van der Waals surface area (Å²) in [6.45, 7) is 17.0. The molecule has 0 unspecified atom stereocenters. The fourth-order valence-corrected chi connectivity index (χ4v) is 8.57. The van der Waals surface area contributed by atoms with Gasteiger partial charge in [0.15, 0.2) is 0 Å². The number of hydrogen-bond donors (Lipinski definition) is 1. The van der Waals surface area contributed by atoms with Gasteiger partial charge in [0.1, 0.15) is 0 Å². The zero-order valence-corrected chi connectivity index (χ0v) is 20.9. The highest BCUT2D eigenvalue weighted by atomic mass is 14.9. The average molecular weight is 411 g/mol. The minimum atomic E-state index is 0.344. The van der Waals surface area contributed by atoms with Crippen LogP contribution in [0.25, 0.3) is 0 Å². The minimum absolute atomic E-state index is 0.344. The van der Waals surface area contributed by atoms with E-state index in [-0.39, 0.29) is 0 Å². The Bertz CT molecular complexity index is 768. The Hall–Kier alpha value is -0.890. The zero-order valence-electron chi connectivity index (χ0n) is 20.9. The van der Waals surface area contributed by atoms with Crippen LogP contribution >= 0.6 is 0 Å². The monoisotopic (exact) mass is 410 g/mol. The Morgan fingerprint density at radius 2 is 1.73 bits per heavy atom. The van der Waals surface area contributed by atoms with E-state index in [0.717, 1.165) is 11.8 Å². The SMILES string of the molecule is CN[C@H]1CCC2=CC3=CC[C@]4(C)[C@@H]([C@@H](C)N=C(C)C)CC[C@@]4(C)[C@@H]3CC[C@H]2C1(C)C. The predicted molar refractivity (Wildman–Crippen MR) is 130 cm³/mol. The first kappa shape index (κ1) is 22.3. The lowest BCUT2D eigenvalue weighted by atomic mass is 9.51. The van der Waals surface area contributed by atoms with E-state index in [1.165, 1.54) is 50.7 Å². The summed E-state index contributed by atoms with van der Waals surface area (Å²) in [5, 5.41) is 3.64. The molecular formula is C28H46N2. The van der Waals surface area contributed by atoms with Gasteiger partial charge in [-0.2, -0.15) is 0 Å². The van der Waals surface area contributed by atoms with Gasteiger partial charge in [0.05, 0.1) is 6.04 Å². The Kier molecular flexibility index (Phi) is 5.66. The molecule has 2 fully saturated rings. The van der Waals surface area contributed by atoms with Crippen molar-refractivity contribution in [3.63, 3.8) is 0 Å². The third-order valence-electron chi connectivity index (χ3n) is 10.5. The third-order valence-corrected chi connectivity index (χ3v) is 10.5. The maximum absolute atomic E-state index is 5.02. The number of nitrogens with one attached hydrogen (secondary N) is 1. The number of hydrogen-bond acceptors (Lipinski definition) is 2. The van der Waals surface area contributed by atoms with E-state index >= 15 is 0 Å². The Morgan fingerprint density at radius 1 is 1.03 bits per heavy atom. The van der Waals surface area contributed by atoms with E-state index in [0.29, 0.717) is 34.2 Å². The molecule has 4 aliphatic carbocycles. The Morgan fingerprint density at radius 3 is 2.40 bits per heavy atom. The summed E-state index contributed by atoms with van der Waals surface area (Å²) in [5.74, 6) is 2.16. The number of allylic oxidation sites excluding steroid dienone is 4. The van der Waals surface area contributed by atoms with Crippen LogP contribution in [0.5, 0.6) is 0 Å². The van der Waals surface area contributed by atoms with Crippen molar-refractivity contribution in [2.75, 3.05) is 7.05 Å². The topological polar surface area (TPSA) is 24.4 Å². The maximum atomic E-state index is 5.02. The van der Waals surface area contributed by atoms with Crippen molar-refractivity contribution in [2.24, 2.45) is 39.0 Å². The number of fused-ring (bicyclic) bond motifs is 4. The molecule has 0 heterocycles. The fraction of sp³-hybridized carbons (Fsp3) is 0.821. The molecule has 0 radical (unpaired) electrons. The number of aliphatic imine (C=N–C) groups is 1. The van der Waals surface area contributed by atoms with Crippen molar-refractivity contribution in [3.8, 4) is 0 Å². The Balaban J connectivity index is 1.67. The molecule has 0 aliphatic heterocycles. The molecule has 30 heavy (non-hydrogen) atoms. The van der Waals surface area contributed by atoms with Crippen molar-refractivity contribution >= 4 is 5.71 Å². The molecule has 0 bridgehead atoms. The first-order chi connectivity index (χ1) is 14.0. The van der Waals surface area contributed by atoms with Crippen LogP contribution in [0.15, 0.2) is 28.3 Å². The van der Waals surface area contributed by atoms with Crippen LogP contribution in [0.2, 0.25) is 0 Å². The maximum Gasteiger partial charge on any atom is 0.0504 e. The predicted octanol–water partition coefficient (Wildman–Crippen LogP) is 6.97. The molecule has 2 nitrogen and oxygen atoms in total. The standard InChI is InChI=1S/C28H46N2/c1-18(2)30-19(3)22-14-16-28(7)24-11-10-23-20(9-12-25(29-8)26(23,4)5)17-21(24)13-15-27(22,28)6/h13,17,19,22-25,29H,9-12,14-16H2,1-8H3/t19-,22-,23-,24-,25+,27-,28+/m1/s1. The largest absolute Gasteiger partial charge is 0.316 e. The Labute approximate surface area is 186 Å². The molecule has 0 amide bonds. The third kappa shape index (κ3) is 3.19. The van der Waals surface area contributed by atoms with Crippen LogP contribution in [0.3, 0.4) is 0 Å². The second kappa shape index (κ2) is 7.61. The van der Waals surface area contributed by atoms with Gasteiger partial charge in [-0.05, 0) is 112 Å². The van der Waals surface area contributed by atoms with Gasteiger partial charge in [0.25, 0.3) is 0 Å². The summed E-state index contributed by atoms with van der Waals surface area (Å²) < 4.78 is 0. The van der Waals surface area contributed by atoms with E-state index in [1.807, 2.05) is 0 Å². The zero-order chi connectivity index (χ0) is 21.9. The van der Waals surface area contributed by atoms with Crippen molar-refractivity contribution in [2.45, 2.75) is 105 Å². The van der Waals surface area contributed by atoms with Gasteiger partial charge in [-0.3, -0.25) is 4.99 Å². The molecule has 7 atom stereocenters. The molecule has 0 spiro atoms. The molecule has 0 aromatic carbocycles. The number of rotatable bonds is 3. The van der Waals surface area contributed by atoms with E-state index in [1.54, 1.807) is 11.1 Å². The lowest BCUT2D eigenvalue weighted by molar-refractivity contribution is 0.00413. The van der Waals surface area contributed by atoms with E-state index in [2.05, 4.69) is 73.0 Å². The normalized spacial score (nSPS) is 43.3. The highest BCUT2D eigenvalue weighted by molar-refractivity contribution is 5.79. The molecular weight excluding hydrogens is 364 g/mol. The summed E-state index contributed by atoms with van der Waals surface area (Å²) in [7, 11) is 2.16. The molecule has 4 aliphatic rings. The smallest absolute Gasteiger partial charge is 0.0504 e. The highest BCUT2D eigenvalue weighted by Gasteiger charge is 2.60.